The van der Waals surface area contributed by atoms with E-state index >= 15 is 0 Å². The highest BCUT2D eigenvalue weighted by molar-refractivity contribution is 6.23. The van der Waals surface area contributed by atoms with Gasteiger partial charge in [-0.25, -0.2) is 0 Å². The Balaban J connectivity index is 2.44. The molecule has 2 N–H and O–H groups in total. The summed E-state index contributed by atoms with van der Waals surface area (Å²) in [6, 6.07) is 4.54. The molecule has 0 saturated heterocycles. The lowest BCUT2D eigenvalue weighted by Crippen LogP contribution is -2.30. The van der Waals surface area contributed by atoms with E-state index in [9.17, 15) is 19.2 Å². The minimum atomic E-state index is -0.770. The zero-order valence-corrected chi connectivity index (χ0v) is 13.1. The van der Waals surface area contributed by atoms with Crippen molar-refractivity contribution in [2.24, 2.45) is 0 Å². The van der Waals surface area contributed by atoms with Crippen LogP contribution in [0.5, 0.6) is 0 Å². The van der Waals surface area contributed by atoms with E-state index in [1.807, 2.05) is 6.04 Å². The molecule has 25 heavy (non-hydrogen) atoms. The Bertz CT molecular complexity index is 897. The second-order valence-electron chi connectivity index (χ2n) is 4.93. The molecule has 8 nitrogen and oxygen atoms in total. The van der Waals surface area contributed by atoms with Crippen LogP contribution in [0.25, 0.3) is 0 Å². The minimum Gasteiger partial charge on any atom is -0.461 e. The summed E-state index contributed by atoms with van der Waals surface area (Å²) in [5, 5.41) is 17.2. The van der Waals surface area contributed by atoms with Crippen molar-refractivity contribution in [3.63, 3.8) is 0 Å². The molecule has 1 aromatic carbocycles. The van der Waals surface area contributed by atoms with Crippen molar-refractivity contribution in [2.75, 3.05) is 13.2 Å². The summed E-state index contributed by atoms with van der Waals surface area (Å²) in [5.74, 6) is 2.59. The summed E-state index contributed by atoms with van der Waals surface area (Å²) in [7, 11) is 0. The molecule has 2 rings (SSSR count). The SMILES string of the molecule is Cc1cc2c(cc1C(=O)N(C=O)CC#CCO)C(=O)N(C#CO)C2=O. The normalized spacial score (nSPS) is 11.8. The van der Waals surface area contributed by atoms with Crippen LogP contribution in [-0.4, -0.2) is 57.3 Å². The molecule has 0 atom stereocenters. The predicted octanol–water partition coefficient (Wildman–Crippen LogP) is -0.524. The maximum atomic E-state index is 12.5. The van der Waals surface area contributed by atoms with Crippen LogP contribution in [0.4, 0.5) is 0 Å². The Labute approximate surface area is 142 Å². The van der Waals surface area contributed by atoms with Gasteiger partial charge in [-0.15, -0.1) is 0 Å². The van der Waals surface area contributed by atoms with Gasteiger partial charge in [-0.3, -0.25) is 24.1 Å². The molecule has 0 radical (unpaired) electrons. The number of hydrogen-bond donors (Lipinski definition) is 2. The van der Waals surface area contributed by atoms with Gasteiger partial charge in [-0.05, 0) is 24.6 Å². The molecule has 8 heteroatoms. The third-order valence-corrected chi connectivity index (χ3v) is 3.47. The Hall–Kier alpha value is -3.62. The number of hydrogen-bond acceptors (Lipinski definition) is 6. The first-order valence-electron chi connectivity index (χ1n) is 6.97. The molecule has 1 heterocycles. The highest BCUT2D eigenvalue weighted by atomic mass is 16.3. The van der Waals surface area contributed by atoms with Gasteiger partial charge in [0.2, 0.25) is 6.41 Å². The summed E-state index contributed by atoms with van der Waals surface area (Å²) in [5.41, 5.74) is 0.441. The highest BCUT2D eigenvalue weighted by Gasteiger charge is 2.36. The number of carbonyl (C=O) groups is 4. The smallest absolute Gasteiger partial charge is 0.273 e. The molecule has 0 saturated carbocycles. The molecular formula is C17H12N2O6. The van der Waals surface area contributed by atoms with Crippen LogP contribution in [0.3, 0.4) is 0 Å². The second-order valence-corrected chi connectivity index (χ2v) is 4.93. The molecule has 0 fully saturated rings. The number of rotatable bonds is 3. The van der Waals surface area contributed by atoms with Gasteiger partial charge in [0.1, 0.15) is 12.7 Å². The Morgan fingerprint density at radius 3 is 2.44 bits per heavy atom. The van der Waals surface area contributed by atoms with Crippen molar-refractivity contribution in [3.8, 4) is 24.0 Å². The molecule has 1 aromatic rings. The molecule has 0 aromatic heterocycles. The van der Waals surface area contributed by atoms with Crippen LogP contribution in [0, 0.1) is 30.9 Å². The van der Waals surface area contributed by atoms with E-state index in [0.717, 1.165) is 4.90 Å². The summed E-state index contributed by atoms with van der Waals surface area (Å²) in [4.78, 5) is 49.2. The Morgan fingerprint density at radius 1 is 1.24 bits per heavy atom. The van der Waals surface area contributed by atoms with Crippen LogP contribution in [0.15, 0.2) is 12.1 Å². The van der Waals surface area contributed by atoms with Crippen molar-refractivity contribution in [1.82, 2.24) is 9.80 Å². The lowest BCUT2D eigenvalue weighted by atomic mass is 9.99. The molecule has 1 aliphatic heterocycles. The van der Waals surface area contributed by atoms with Crippen molar-refractivity contribution >= 4 is 24.1 Å². The van der Waals surface area contributed by atoms with E-state index in [0.29, 0.717) is 10.5 Å². The van der Waals surface area contributed by atoms with Crippen molar-refractivity contribution in [3.05, 3.63) is 34.4 Å². The maximum absolute atomic E-state index is 12.5. The van der Waals surface area contributed by atoms with E-state index in [4.69, 9.17) is 10.2 Å². The lowest BCUT2D eigenvalue weighted by Gasteiger charge is -2.14. The Morgan fingerprint density at radius 2 is 1.88 bits per heavy atom. The number of imide groups is 2. The van der Waals surface area contributed by atoms with Crippen LogP contribution in [0.1, 0.15) is 36.6 Å². The number of nitrogens with zero attached hydrogens (tertiary/aromatic N) is 2. The van der Waals surface area contributed by atoms with Gasteiger partial charge in [-0.2, -0.15) is 4.90 Å². The molecule has 126 valence electrons. The largest absolute Gasteiger partial charge is 0.461 e. The fourth-order valence-corrected chi connectivity index (χ4v) is 2.29. The van der Waals surface area contributed by atoms with Gasteiger partial charge >= 0.3 is 0 Å². The van der Waals surface area contributed by atoms with Gasteiger partial charge in [0.05, 0.1) is 23.7 Å². The summed E-state index contributed by atoms with van der Waals surface area (Å²) in [6.07, 6.45) is 1.78. The van der Waals surface area contributed by atoms with E-state index in [-0.39, 0.29) is 29.6 Å². The summed E-state index contributed by atoms with van der Waals surface area (Å²) in [6.45, 7) is 0.916. The van der Waals surface area contributed by atoms with Gasteiger partial charge in [0.15, 0.2) is 0 Å². The first-order chi connectivity index (χ1) is 12.0. The van der Waals surface area contributed by atoms with Crippen molar-refractivity contribution in [2.45, 2.75) is 6.92 Å². The van der Waals surface area contributed by atoms with E-state index < -0.39 is 24.3 Å². The van der Waals surface area contributed by atoms with Crippen LogP contribution >= 0.6 is 0 Å². The fraction of sp³-hybridized carbons (Fsp3) is 0.176. The van der Waals surface area contributed by atoms with Gasteiger partial charge < -0.3 is 10.2 Å². The van der Waals surface area contributed by atoms with Crippen molar-refractivity contribution < 1.29 is 29.4 Å². The van der Waals surface area contributed by atoms with Gasteiger partial charge in [-0.1, -0.05) is 11.8 Å². The molecule has 0 unspecified atom stereocenters. The highest BCUT2D eigenvalue weighted by Crippen LogP contribution is 2.26. The number of benzene rings is 1. The molecule has 0 bridgehead atoms. The van der Waals surface area contributed by atoms with Crippen molar-refractivity contribution in [1.29, 1.82) is 0 Å². The molecule has 1 aliphatic rings. The first-order valence-corrected chi connectivity index (χ1v) is 6.97. The topological polar surface area (TPSA) is 115 Å². The number of carbonyl (C=O) groups excluding carboxylic acids is 4. The number of amides is 4. The molecule has 0 spiro atoms. The number of fused-ring (bicyclic) bond motifs is 1. The summed E-state index contributed by atoms with van der Waals surface area (Å²) >= 11 is 0. The average molecular weight is 340 g/mol. The van der Waals surface area contributed by atoms with E-state index in [1.165, 1.54) is 18.2 Å². The molecule has 0 aliphatic carbocycles. The first kappa shape index (κ1) is 17.7. The fourth-order valence-electron chi connectivity index (χ4n) is 2.29. The number of aryl methyl sites for hydroxylation is 1. The zero-order valence-electron chi connectivity index (χ0n) is 13.1. The zero-order chi connectivity index (χ0) is 18.6. The number of aliphatic hydroxyl groups excluding tert-OH is 2. The standard InChI is InChI=1S/C17H12N2O6/c1-11-8-13-14(17(25)19(5-7-21)16(13)24)9-12(11)15(23)18(10-22)4-2-3-6-20/h8-10,20-21H,4,6H2,1H3. The minimum absolute atomic E-state index is 0.0472. The van der Waals surface area contributed by atoms with E-state index in [2.05, 4.69) is 11.8 Å². The van der Waals surface area contributed by atoms with Crippen LogP contribution in [-0.2, 0) is 4.79 Å². The van der Waals surface area contributed by atoms with Crippen LogP contribution < -0.4 is 0 Å². The van der Waals surface area contributed by atoms with E-state index in [1.54, 1.807) is 6.92 Å². The molecule has 4 amide bonds. The van der Waals surface area contributed by atoms with Crippen LogP contribution in [0.2, 0.25) is 0 Å². The third-order valence-electron chi connectivity index (χ3n) is 3.47. The maximum Gasteiger partial charge on any atom is 0.273 e. The monoisotopic (exact) mass is 340 g/mol. The second kappa shape index (κ2) is 7.30. The van der Waals surface area contributed by atoms with Gasteiger partial charge in [0, 0.05) is 5.56 Å². The predicted molar refractivity (Wildman–Crippen MR) is 83.4 cm³/mol. The average Bonchev–Trinajstić information content (AvgIpc) is 2.82. The molecular weight excluding hydrogens is 328 g/mol. The van der Waals surface area contributed by atoms with Gasteiger partial charge in [0.25, 0.3) is 17.7 Å². The quantitative estimate of drug-likeness (QED) is 0.434. The third kappa shape index (κ3) is 3.20. The lowest BCUT2D eigenvalue weighted by molar-refractivity contribution is -0.115. The summed E-state index contributed by atoms with van der Waals surface area (Å²) < 4.78 is 0. The number of aliphatic hydroxyl groups is 2. The Kier molecular flexibility index (Phi) is 5.18.